The third kappa shape index (κ3) is 3.83. The number of aromatic nitrogens is 3. The molecule has 1 aromatic carbocycles. The number of nitrogens with zero attached hydrogens (tertiary/aromatic N) is 3. The molecular weight excluding hydrogens is 328 g/mol. The van der Waals surface area contributed by atoms with Gasteiger partial charge < -0.3 is 20.9 Å². The summed E-state index contributed by atoms with van der Waals surface area (Å²) in [5.74, 6) is 1.35. The molecule has 0 spiro atoms. The van der Waals surface area contributed by atoms with E-state index in [-0.39, 0.29) is 12.1 Å². The minimum absolute atomic E-state index is 0.160. The highest BCUT2D eigenvalue weighted by Crippen LogP contribution is 2.23. The second-order valence-corrected chi connectivity index (χ2v) is 6.55. The summed E-state index contributed by atoms with van der Waals surface area (Å²) < 4.78 is 4.88. The van der Waals surface area contributed by atoms with E-state index in [1.165, 1.54) is 12.8 Å². The summed E-state index contributed by atoms with van der Waals surface area (Å²) in [5, 5.41) is 10.6. The van der Waals surface area contributed by atoms with Gasteiger partial charge in [0.25, 0.3) is 0 Å². The monoisotopic (exact) mass is 350 g/mol. The van der Waals surface area contributed by atoms with Crippen molar-refractivity contribution in [3.63, 3.8) is 0 Å². The quantitative estimate of drug-likeness (QED) is 0.646. The van der Waals surface area contributed by atoms with Crippen LogP contribution >= 0.6 is 0 Å². The third-order valence-electron chi connectivity index (χ3n) is 4.68. The van der Waals surface area contributed by atoms with E-state index in [0.29, 0.717) is 5.95 Å². The summed E-state index contributed by atoms with van der Waals surface area (Å²) in [7, 11) is 0. The van der Waals surface area contributed by atoms with E-state index in [1.54, 1.807) is 12.5 Å². The van der Waals surface area contributed by atoms with Crippen LogP contribution in [-0.4, -0.2) is 27.2 Å². The van der Waals surface area contributed by atoms with Crippen LogP contribution < -0.4 is 16.4 Å². The molecule has 0 saturated heterocycles. The maximum absolute atomic E-state index is 6.20. The molecule has 7 heteroatoms. The zero-order valence-electron chi connectivity index (χ0n) is 14.4. The van der Waals surface area contributed by atoms with Crippen molar-refractivity contribution in [2.75, 3.05) is 10.6 Å². The Kier molecular flexibility index (Phi) is 4.79. The number of hydrogen-bond acceptors (Lipinski definition) is 7. The normalized spacial score (nSPS) is 19.9. The Labute approximate surface area is 152 Å². The molecule has 0 aliphatic heterocycles. The summed E-state index contributed by atoms with van der Waals surface area (Å²) in [6.45, 7) is 0. The summed E-state index contributed by atoms with van der Waals surface area (Å²) in [6, 6.07) is 12.0. The maximum atomic E-state index is 6.20. The summed E-state index contributed by atoms with van der Waals surface area (Å²) in [6.07, 6.45) is 7.82. The van der Waals surface area contributed by atoms with Gasteiger partial charge in [-0.3, -0.25) is 0 Å². The summed E-state index contributed by atoms with van der Waals surface area (Å²) in [5.41, 5.74) is 8.95. The van der Waals surface area contributed by atoms with Gasteiger partial charge in [-0.25, -0.2) is 4.98 Å². The van der Waals surface area contributed by atoms with Gasteiger partial charge in [0.05, 0.1) is 0 Å². The molecule has 1 saturated carbocycles. The molecule has 1 fully saturated rings. The molecule has 0 amide bonds. The standard InChI is InChI=1S/C19H22N6O/c20-15-3-1-2-4-17(15)23-19-21-11-9-18(24-19)22-14-7-5-13(6-8-14)16-10-12-26-25-16/h5-12,15,17H,1-4,20H2,(H2,21,22,23,24)/t15-,17+/m0/s1. The van der Waals surface area contributed by atoms with Crippen LogP contribution in [-0.2, 0) is 0 Å². The van der Waals surface area contributed by atoms with Crippen molar-refractivity contribution >= 4 is 17.5 Å². The van der Waals surface area contributed by atoms with Gasteiger partial charge in [-0.1, -0.05) is 30.1 Å². The third-order valence-corrected chi connectivity index (χ3v) is 4.68. The number of hydrogen-bond donors (Lipinski definition) is 3. The van der Waals surface area contributed by atoms with Crippen molar-refractivity contribution in [1.82, 2.24) is 15.1 Å². The number of nitrogens with two attached hydrogens (primary N) is 1. The average Bonchev–Trinajstić information content (AvgIpc) is 3.19. The Bertz CT molecular complexity index is 834. The minimum Gasteiger partial charge on any atom is -0.364 e. The van der Waals surface area contributed by atoms with E-state index in [1.807, 2.05) is 36.4 Å². The zero-order chi connectivity index (χ0) is 17.8. The van der Waals surface area contributed by atoms with E-state index >= 15 is 0 Å². The summed E-state index contributed by atoms with van der Waals surface area (Å²) in [4.78, 5) is 8.87. The molecule has 3 aromatic rings. The van der Waals surface area contributed by atoms with Crippen LogP contribution in [0.5, 0.6) is 0 Å². The van der Waals surface area contributed by atoms with Gasteiger partial charge in [0, 0.05) is 35.6 Å². The first kappa shape index (κ1) is 16.5. The number of benzene rings is 1. The minimum atomic E-state index is 0.160. The first-order chi connectivity index (χ1) is 12.8. The molecule has 4 rings (SSSR count). The van der Waals surface area contributed by atoms with Gasteiger partial charge >= 0.3 is 0 Å². The van der Waals surface area contributed by atoms with Crippen LogP contribution in [0.25, 0.3) is 11.3 Å². The fourth-order valence-corrected chi connectivity index (χ4v) is 3.24. The Morgan fingerprint density at radius 1 is 1.04 bits per heavy atom. The Morgan fingerprint density at radius 3 is 2.65 bits per heavy atom. The predicted octanol–water partition coefficient (Wildman–Crippen LogP) is 3.56. The molecule has 0 radical (unpaired) electrons. The molecule has 4 N–H and O–H groups in total. The van der Waals surface area contributed by atoms with E-state index in [4.69, 9.17) is 10.3 Å². The Morgan fingerprint density at radius 2 is 1.88 bits per heavy atom. The molecular formula is C19H22N6O. The van der Waals surface area contributed by atoms with Crippen molar-refractivity contribution in [2.24, 2.45) is 5.73 Å². The van der Waals surface area contributed by atoms with E-state index < -0.39 is 0 Å². The second-order valence-electron chi connectivity index (χ2n) is 6.55. The predicted molar refractivity (Wildman–Crippen MR) is 101 cm³/mol. The van der Waals surface area contributed by atoms with Crippen LogP contribution in [0.2, 0.25) is 0 Å². The van der Waals surface area contributed by atoms with Crippen molar-refractivity contribution in [1.29, 1.82) is 0 Å². The largest absolute Gasteiger partial charge is 0.364 e. The topological polar surface area (TPSA) is 102 Å². The fourth-order valence-electron chi connectivity index (χ4n) is 3.24. The smallest absolute Gasteiger partial charge is 0.224 e. The molecule has 134 valence electrons. The molecule has 2 aromatic heterocycles. The lowest BCUT2D eigenvalue weighted by atomic mass is 9.91. The maximum Gasteiger partial charge on any atom is 0.224 e. The van der Waals surface area contributed by atoms with Gasteiger partial charge in [-0.2, -0.15) is 4.98 Å². The number of rotatable bonds is 5. The van der Waals surface area contributed by atoms with Gasteiger partial charge in [0.15, 0.2) is 0 Å². The fraction of sp³-hybridized carbons (Fsp3) is 0.316. The lowest BCUT2D eigenvalue weighted by Gasteiger charge is -2.29. The van der Waals surface area contributed by atoms with E-state index in [9.17, 15) is 0 Å². The highest BCUT2D eigenvalue weighted by atomic mass is 16.5. The van der Waals surface area contributed by atoms with Crippen LogP contribution in [0.3, 0.4) is 0 Å². The van der Waals surface area contributed by atoms with Crippen molar-refractivity contribution < 1.29 is 4.52 Å². The second kappa shape index (κ2) is 7.53. The van der Waals surface area contributed by atoms with Gasteiger partial charge in [0.2, 0.25) is 5.95 Å². The van der Waals surface area contributed by atoms with Crippen LogP contribution in [0, 0.1) is 0 Å². The Balaban J connectivity index is 1.43. The highest BCUT2D eigenvalue weighted by Gasteiger charge is 2.22. The molecule has 0 bridgehead atoms. The van der Waals surface area contributed by atoms with Crippen LogP contribution in [0.15, 0.2) is 53.4 Å². The lowest BCUT2D eigenvalue weighted by Crippen LogP contribution is -2.42. The molecule has 1 aliphatic rings. The van der Waals surface area contributed by atoms with Crippen molar-refractivity contribution in [3.8, 4) is 11.3 Å². The van der Waals surface area contributed by atoms with Gasteiger partial charge in [-0.15, -0.1) is 0 Å². The highest BCUT2D eigenvalue weighted by molar-refractivity contribution is 5.64. The lowest BCUT2D eigenvalue weighted by molar-refractivity contribution is 0.402. The Hall–Kier alpha value is -2.93. The number of nitrogens with one attached hydrogen (secondary N) is 2. The van der Waals surface area contributed by atoms with Gasteiger partial charge in [0.1, 0.15) is 17.8 Å². The molecule has 2 atom stereocenters. The zero-order valence-corrected chi connectivity index (χ0v) is 14.4. The van der Waals surface area contributed by atoms with Crippen molar-refractivity contribution in [2.45, 2.75) is 37.8 Å². The van der Waals surface area contributed by atoms with Crippen LogP contribution in [0.4, 0.5) is 17.5 Å². The van der Waals surface area contributed by atoms with Crippen LogP contribution in [0.1, 0.15) is 25.7 Å². The first-order valence-electron chi connectivity index (χ1n) is 8.91. The van der Waals surface area contributed by atoms with E-state index in [2.05, 4.69) is 25.8 Å². The SMILES string of the molecule is N[C@H]1CCCC[C@H]1Nc1nccc(Nc2ccc(-c3ccon3)cc2)n1. The molecule has 1 aliphatic carbocycles. The molecule has 0 unspecified atom stereocenters. The van der Waals surface area contributed by atoms with Crippen molar-refractivity contribution in [3.05, 3.63) is 48.9 Å². The first-order valence-corrected chi connectivity index (χ1v) is 8.91. The molecule has 2 heterocycles. The number of anilines is 3. The average molecular weight is 350 g/mol. The summed E-state index contributed by atoms with van der Waals surface area (Å²) >= 11 is 0. The van der Waals surface area contributed by atoms with Gasteiger partial charge in [-0.05, 0) is 31.0 Å². The molecule has 7 nitrogen and oxygen atoms in total. The molecule has 26 heavy (non-hydrogen) atoms. The van der Waals surface area contributed by atoms with E-state index in [0.717, 1.165) is 35.6 Å².